The van der Waals surface area contributed by atoms with Gasteiger partial charge in [-0.2, -0.15) is 10.4 Å². The third-order valence-corrected chi connectivity index (χ3v) is 5.12. The number of esters is 1. The fourth-order valence-electron chi connectivity index (χ4n) is 3.50. The van der Waals surface area contributed by atoms with Crippen LogP contribution in [0.2, 0.25) is 0 Å². The van der Waals surface area contributed by atoms with Gasteiger partial charge in [0.2, 0.25) is 5.91 Å². The van der Waals surface area contributed by atoms with Gasteiger partial charge < -0.3 is 10.1 Å². The number of ether oxygens (including phenoxy) is 1. The molecule has 1 atom stereocenters. The number of carbonyl (C=O) groups is 2. The number of hydrogen-bond acceptors (Lipinski definition) is 5. The normalized spacial score (nSPS) is 11.8. The van der Waals surface area contributed by atoms with E-state index in [0.29, 0.717) is 19.4 Å². The van der Waals surface area contributed by atoms with Crippen molar-refractivity contribution in [2.75, 3.05) is 0 Å². The van der Waals surface area contributed by atoms with Crippen molar-refractivity contribution in [2.45, 2.75) is 79.0 Å². The molecule has 7 heteroatoms. The standard InChI is InChI=1S/C24H32N4O3/c1-16(2)31-24(30)15-22(20-9-7-17(3)8-10-20)26-23(29)12-11-21-18(4)27-28(19(21)5)14-6-13-25/h7-10,16,22H,6,11-12,14-15H2,1-5H3,(H,26,29). The van der Waals surface area contributed by atoms with Crippen LogP contribution in [0.5, 0.6) is 0 Å². The minimum Gasteiger partial charge on any atom is -0.463 e. The molecule has 1 amide bonds. The first kappa shape index (κ1) is 24.1. The van der Waals surface area contributed by atoms with Crippen molar-refractivity contribution in [1.29, 1.82) is 5.26 Å². The van der Waals surface area contributed by atoms with E-state index in [1.54, 1.807) is 13.8 Å². The van der Waals surface area contributed by atoms with Crippen molar-refractivity contribution in [1.82, 2.24) is 15.1 Å². The number of rotatable bonds is 10. The number of amides is 1. The van der Waals surface area contributed by atoms with E-state index in [2.05, 4.69) is 16.5 Å². The molecule has 0 saturated heterocycles. The lowest BCUT2D eigenvalue weighted by atomic mass is 10.0. The van der Waals surface area contributed by atoms with E-state index in [9.17, 15) is 9.59 Å². The maximum Gasteiger partial charge on any atom is 0.308 e. The van der Waals surface area contributed by atoms with Crippen LogP contribution in [0, 0.1) is 32.1 Å². The Kier molecular flexibility index (Phi) is 8.80. The first-order valence-corrected chi connectivity index (χ1v) is 10.7. The number of hydrogen-bond donors (Lipinski definition) is 1. The number of aryl methyl sites for hydroxylation is 3. The molecule has 0 fully saturated rings. The van der Waals surface area contributed by atoms with Crippen molar-refractivity contribution >= 4 is 11.9 Å². The van der Waals surface area contributed by atoms with E-state index < -0.39 is 6.04 Å². The lowest BCUT2D eigenvalue weighted by Crippen LogP contribution is -2.31. The topological polar surface area (TPSA) is 97.0 Å². The summed E-state index contributed by atoms with van der Waals surface area (Å²) >= 11 is 0. The second kappa shape index (κ2) is 11.3. The van der Waals surface area contributed by atoms with Gasteiger partial charge in [0.05, 0.1) is 43.3 Å². The Labute approximate surface area is 184 Å². The van der Waals surface area contributed by atoms with Crippen LogP contribution in [0.1, 0.15) is 67.2 Å². The third kappa shape index (κ3) is 7.25. The molecule has 0 radical (unpaired) electrons. The number of nitrogens with one attached hydrogen (secondary N) is 1. The molecule has 1 unspecified atom stereocenters. The molecule has 0 bridgehead atoms. The van der Waals surface area contributed by atoms with Gasteiger partial charge in [0.1, 0.15) is 0 Å². The van der Waals surface area contributed by atoms with Crippen LogP contribution in [0.4, 0.5) is 0 Å². The zero-order chi connectivity index (χ0) is 23.0. The predicted molar refractivity (Wildman–Crippen MR) is 118 cm³/mol. The summed E-state index contributed by atoms with van der Waals surface area (Å²) < 4.78 is 7.10. The summed E-state index contributed by atoms with van der Waals surface area (Å²) in [4.78, 5) is 25.0. The van der Waals surface area contributed by atoms with Gasteiger partial charge in [-0.25, -0.2) is 0 Å². The minimum absolute atomic E-state index is 0.0805. The van der Waals surface area contributed by atoms with Gasteiger partial charge in [0, 0.05) is 12.1 Å². The van der Waals surface area contributed by atoms with Gasteiger partial charge in [-0.15, -0.1) is 0 Å². The van der Waals surface area contributed by atoms with Gasteiger partial charge in [-0.3, -0.25) is 14.3 Å². The maximum atomic E-state index is 12.7. The van der Waals surface area contributed by atoms with Gasteiger partial charge in [0.15, 0.2) is 0 Å². The SMILES string of the molecule is Cc1ccc(C(CC(=O)OC(C)C)NC(=O)CCc2c(C)nn(CCC#N)c2C)cc1. The highest BCUT2D eigenvalue weighted by atomic mass is 16.5. The summed E-state index contributed by atoms with van der Waals surface area (Å²) in [6.45, 7) is 10.0. The van der Waals surface area contributed by atoms with E-state index in [0.717, 1.165) is 28.1 Å². The van der Waals surface area contributed by atoms with Crippen molar-refractivity contribution in [3.05, 3.63) is 52.3 Å². The highest BCUT2D eigenvalue weighted by Crippen LogP contribution is 2.20. The van der Waals surface area contributed by atoms with E-state index in [1.165, 1.54) is 0 Å². The smallest absolute Gasteiger partial charge is 0.308 e. The van der Waals surface area contributed by atoms with Crippen molar-refractivity contribution in [3.63, 3.8) is 0 Å². The van der Waals surface area contributed by atoms with Gasteiger partial charge in [0.25, 0.3) is 0 Å². The van der Waals surface area contributed by atoms with E-state index in [1.807, 2.05) is 49.7 Å². The Morgan fingerprint density at radius 1 is 1.19 bits per heavy atom. The summed E-state index contributed by atoms with van der Waals surface area (Å²) in [7, 11) is 0. The molecule has 2 aromatic rings. The highest BCUT2D eigenvalue weighted by molar-refractivity contribution is 5.78. The van der Waals surface area contributed by atoms with Crippen LogP contribution in [0.15, 0.2) is 24.3 Å². The highest BCUT2D eigenvalue weighted by Gasteiger charge is 2.21. The molecule has 0 aliphatic rings. The molecule has 0 aliphatic carbocycles. The Morgan fingerprint density at radius 2 is 1.87 bits per heavy atom. The fraction of sp³-hybridized carbons (Fsp3) is 0.500. The quantitative estimate of drug-likeness (QED) is 0.584. The zero-order valence-electron chi connectivity index (χ0n) is 19.1. The second-order valence-corrected chi connectivity index (χ2v) is 8.05. The molecule has 0 spiro atoms. The second-order valence-electron chi connectivity index (χ2n) is 8.05. The zero-order valence-corrected chi connectivity index (χ0v) is 19.1. The van der Waals surface area contributed by atoms with Gasteiger partial charge in [-0.05, 0) is 52.2 Å². The molecule has 1 aromatic heterocycles. The third-order valence-electron chi connectivity index (χ3n) is 5.12. The lowest BCUT2D eigenvalue weighted by molar-refractivity contribution is -0.148. The van der Waals surface area contributed by atoms with Crippen LogP contribution >= 0.6 is 0 Å². The molecule has 2 rings (SSSR count). The molecule has 31 heavy (non-hydrogen) atoms. The van der Waals surface area contributed by atoms with Crippen LogP contribution < -0.4 is 5.32 Å². The molecule has 0 aliphatic heterocycles. The monoisotopic (exact) mass is 424 g/mol. The summed E-state index contributed by atoms with van der Waals surface area (Å²) in [6, 6.07) is 9.46. The molecule has 7 nitrogen and oxygen atoms in total. The van der Waals surface area contributed by atoms with Crippen molar-refractivity contribution in [2.24, 2.45) is 0 Å². The summed E-state index contributed by atoms with van der Waals surface area (Å²) in [6.07, 6.45) is 1.11. The van der Waals surface area contributed by atoms with E-state index >= 15 is 0 Å². The number of nitrogens with zero attached hydrogens (tertiary/aromatic N) is 3. The van der Waals surface area contributed by atoms with Crippen molar-refractivity contribution < 1.29 is 14.3 Å². The first-order valence-electron chi connectivity index (χ1n) is 10.7. The van der Waals surface area contributed by atoms with E-state index in [-0.39, 0.29) is 30.8 Å². The largest absolute Gasteiger partial charge is 0.463 e. The summed E-state index contributed by atoms with van der Waals surface area (Å²) in [5.41, 5.74) is 4.86. The number of carbonyl (C=O) groups excluding carboxylic acids is 2. The van der Waals surface area contributed by atoms with Gasteiger partial charge in [-0.1, -0.05) is 29.8 Å². The Hall–Kier alpha value is -3.14. The molecule has 1 N–H and O–H groups in total. The minimum atomic E-state index is -0.445. The van der Waals surface area contributed by atoms with Gasteiger partial charge >= 0.3 is 5.97 Å². The predicted octanol–water partition coefficient (Wildman–Crippen LogP) is 3.85. The van der Waals surface area contributed by atoms with Crippen LogP contribution in [-0.2, 0) is 27.3 Å². The molecule has 1 aromatic carbocycles. The molecule has 1 heterocycles. The number of benzene rings is 1. The average molecular weight is 425 g/mol. The first-order chi connectivity index (χ1) is 14.7. The van der Waals surface area contributed by atoms with Crippen LogP contribution in [0.3, 0.4) is 0 Å². The van der Waals surface area contributed by atoms with E-state index in [4.69, 9.17) is 10.00 Å². The number of aromatic nitrogens is 2. The number of nitriles is 1. The van der Waals surface area contributed by atoms with Crippen LogP contribution in [-0.4, -0.2) is 27.8 Å². The summed E-state index contributed by atoms with van der Waals surface area (Å²) in [5, 5.41) is 16.3. The Morgan fingerprint density at radius 3 is 2.48 bits per heavy atom. The Bertz CT molecular complexity index is 939. The lowest BCUT2D eigenvalue weighted by Gasteiger charge is -2.20. The van der Waals surface area contributed by atoms with Crippen molar-refractivity contribution in [3.8, 4) is 6.07 Å². The molecular weight excluding hydrogens is 392 g/mol. The average Bonchev–Trinajstić information content (AvgIpc) is 2.97. The maximum absolute atomic E-state index is 12.7. The molecular formula is C24H32N4O3. The van der Waals surface area contributed by atoms with Crippen LogP contribution in [0.25, 0.3) is 0 Å². The Balaban J connectivity index is 2.06. The molecule has 0 saturated carbocycles. The molecule has 166 valence electrons. The fourth-order valence-corrected chi connectivity index (χ4v) is 3.50. The summed E-state index contributed by atoms with van der Waals surface area (Å²) in [5.74, 6) is -0.474.